The van der Waals surface area contributed by atoms with Crippen molar-refractivity contribution in [3.63, 3.8) is 0 Å². The van der Waals surface area contributed by atoms with Gasteiger partial charge in [-0.3, -0.25) is 0 Å². The van der Waals surface area contributed by atoms with E-state index in [-0.39, 0.29) is 23.7 Å². The van der Waals surface area contributed by atoms with Crippen molar-refractivity contribution in [1.29, 1.82) is 0 Å². The standard InChI is InChI=1S/C28H30FN3O/c1-3-30-28(33)31-22-16-25-23(19-7-4-6-18(2)14-19)10-12-32-13-11-24(26(17-22)27(25)32)20-8-5-9-21(29)15-20/h4-9,14-17,23-24H,3,10-13H2,1-2H3,(H2,30,31,33)/t23-,24-/m0/s1. The Morgan fingerprint density at radius 1 is 0.970 bits per heavy atom. The first kappa shape index (κ1) is 21.5. The minimum absolute atomic E-state index is 0.0953. The van der Waals surface area contributed by atoms with Crippen LogP contribution in [-0.2, 0) is 0 Å². The smallest absolute Gasteiger partial charge is 0.319 e. The summed E-state index contributed by atoms with van der Waals surface area (Å²) in [6.07, 6.45) is 1.96. The molecule has 0 aromatic heterocycles. The van der Waals surface area contributed by atoms with E-state index in [0.29, 0.717) is 6.54 Å². The Morgan fingerprint density at radius 2 is 1.61 bits per heavy atom. The first-order valence-corrected chi connectivity index (χ1v) is 11.8. The van der Waals surface area contributed by atoms with Gasteiger partial charge in [0.05, 0.1) is 0 Å². The highest BCUT2D eigenvalue weighted by molar-refractivity contribution is 5.90. The van der Waals surface area contributed by atoms with Crippen molar-refractivity contribution in [1.82, 2.24) is 5.32 Å². The largest absolute Gasteiger partial charge is 0.371 e. The highest BCUT2D eigenvalue weighted by atomic mass is 19.1. The minimum atomic E-state index is -0.210. The highest BCUT2D eigenvalue weighted by Gasteiger charge is 2.35. The summed E-state index contributed by atoms with van der Waals surface area (Å²) in [5.41, 5.74) is 8.01. The first-order chi connectivity index (χ1) is 16.0. The van der Waals surface area contributed by atoms with E-state index in [0.717, 1.165) is 37.2 Å². The lowest BCUT2D eigenvalue weighted by Gasteiger charge is -2.43. The van der Waals surface area contributed by atoms with Gasteiger partial charge in [0.1, 0.15) is 5.82 Å². The summed E-state index contributed by atoms with van der Waals surface area (Å²) >= 11 is 0. The van der Waals surface area contributed by atoms with Crippen LogP contribution in [0.2, 0.25) is 0 Å². The molecule has 0 saturated carbocycles. The maximum absolute atomic E-state index is 14.1. The lowest BCUT2D eigenvalue weighted by molar-refractivity contribution is 0.252. The average Bonchev–Trinajstić information content (AvgIpc) is 2.79. The monoisotopic (exact) mass is 443 g/mol. The van der Waals surface area contributed by atoms with Crippen LogP contribution >= 0.6 is 0 Å². The molecule has 2 aliphatic heterocycles. The number of aryl methyl sites for hydroxylation is 1. The number of hydrogen-bond acceptors (Lipinski definition) is 2. The molecule has 2 amide bonds. The maximum Gasteiger partial charge on any atom is 0.319 e. The van der Waals surface area contributed by atoms with Gasteiger partial charge in [-0.25, -0.2) is 9.18 Å². The van der Waals surface area contributed by atoms with Crippen LogP contribution in [0.3, 0.4) is 0 Å². The fourth-order valence-corrected chi connectivity index (χ4v) is 5.50. The van der Waals surface area contributed by atoms with Gasteiger partial charge in [0.2, 0.25) is 0 Å². The fourth-order valence-electron chi connectivity index (χ4n) is 5.50. The molecular weight excluding hydrogens is 413 g/mol. The fraction of sp³-hybridized carbons (Fsp3) is 0.321. The number of rotatable bonds is 4. The Labute approximate surface area is 194 Å². The number of benzene rings is 3. The van der Waals surface area contributed by atoms with Crippen molar-refractivity contribution in [3.05, 3.63) is 94.3 Å². The zero-order chi connectivity index (χ0) is 22.9. The van der Waals surface area contributed by atoms with Gasteiger partial charge in [-0.1, -0.05) is 42.0 Å². The number of anilines is 2. The summed E-state index contributed by atoms with van der Waals surface area (Å²) in [5.74, 6) is 0.146. The van der Waals surface area contributed by atoms with Crippen LogP contribution in [0.5, 0.6) is 0 Å². The van der Waals surface area contributed by atoms with Gasteiger partial charge in [-0.15, -0.1) is 0 Å². The van der Waals surface area contributed by atoms with Crippen LogP contribution in [0.25, 0.3) is 0 Å². The van der Waals surface area contributed by atoms with Gasteiger partial charge in [-0.05, 0) is 73.2 Å². The van der Waals surface area contributed by atoms with Crippen molar-refractivity contribution in [2.75, 3.05) is 29.9 Å². The van der Waals surface area contributed by atoms with Crippen LogP contribution in [0.4, 0.5) is 20.6 Å². The third-order valence-corrected chi connectivity index (χ3v) is 6.90. The summed E-state index contributed by atoms with van der Waals surface area (Å²) in [6.45, 7) is 6.54. The summed E-state index contributed by atoms with van der Waals surface area (Å²) < 4.78 is 14.1. The molecule has 0 spiro atoms. The van der Waals surface area contributed by atoms with E-state index in [2.05, 4.69) is 58.9 Å². The summed E-state index contributed by atoms with van der Waals surface area (Å²) in [5, 5.41) is 5.86. The Morgan fingerprint density at radius 3 is 2.21 bits per heavy atom. The van der Waals surface area contributed by atoms with E-state index in [4.69, 9.17) is 0 Å². The predicted molar refractivity (Wildman–Crippen MR) is 132 cm³/mol. The topological polar surface area (TPSA) is 44.4 Å². The molecule has 4 nitrogen and oxygen atoms in total. The van der Waals surface area contributed by atoms with Crippen LogP contribution in [-0.4, -0.2) is 25.7 Å². The molecule has 5 rings (SSSR count). The van der Waals surface area contributed by atoms with Crippen molar-refractivity contribution in [3.8, 4) is 0 Å². The molecule has 170 valence electrons. The summed E-state index contributed by atoms with van der Waals surface area (Å²) in [6, 6.07) is 19.7. The Balaban J connectivity index is 1.66. The van der Waals surface area contributed by atoms with Crippen LogP contribution in [0.1, 0.15) is 59.4 Å². The minimum Gasteiger partial charge on any atom is -0.371 e. The zero-order valence-electron chi connectivity index (χ0n) is 19.2. The molecule has 0 fully saturated rings. The van der Waals surface area contributed by atoms with E-state index in [1.807, 2.05) is 13.0 Å². The predicted octanol–water partition coefficient (Wildman–Crippen LogP) is 6.15. The second-order valence-corrected chi connectivity index (χ2v) is 9.13. The lowest BCUT2D eigenvalue weighted by atomic mass is 9.76. The number of carbonyl (C=O) groups is 1. The normalized spacial score (nSPS) is 19.1. The maximum atomic E-state index is 14.1. The van der Waals surface area contributed by atoms with Crippen molar-refractivity contribution in [2.45, 2.75) is 38.5 Å². The first-order valence-electron chi connectivity index (χ1n) is 11.8. The number of nitrogens with zero attached hydrogens (tertiary/aromatic N) is 1. The van der Waals surface area contributed by atoms with E-state index in [1.54, 1.807) is 12.1 Å². The summed E-state index contributed by atoms with van der Waals surface area (Å²) in [7, 11) is 0. The van der Waals surface area contributed by atoms with Crippen molar-refractivity contribution < 1.29 is 9.18 Å². The molecule has 0 aliphatic carbocycles. The lowest BCUT2D eigenvalue weighted by Crippen LogP contribution is -2.38. The molecule has 2 heterocycles. The van der Waals surface area contributed by atoms with Gasteiger partial charge in [-0.2, -0.15) is 0 Å². The van der Waals surface area contributed by atoms with Gasteiger partial charge in [0.25, 0.3) is 0 Å². The van der Waals surface area contributed by atoms with Crippen LogP contribution in [0.15, 0.2) is 60.7 Å². The molecule has 2 atom stereocenters. The van der Waals surface area contributed by atoms with Gasteiger partial charge >= 0.3 is 6.03 Å². The molecule has 0 radical (unpaired) electrons. The molecule has 5 heteroatoms. The third kappa shape index (κ3) is 4.20. The quantitative estimate of drug-likeness (QED) is 0.508. The van der Waals surface area contributed by atoms with Crippen molar-refractivity contribution >= 4 is 17.4 Å². The molecule has 2 N–H and O–H groups in total. The Kier molecular flexibility index (Phi) is 5.79. The van der Waals surface area contributed by atoms with E-state index in [9.17, 15) is 9.18 Å². The van der Waals surface area contributed by atoms with Crippen LogP contribution in [0, 0.1) is 12.7 Å². The van der Waals surface area contributed by atoms with E-state index >= 15 is 0 Å². The van der Waals surface area contributed by atoms with Crippen molar-refractivity contribution in [2.24, 2.45) is 0 Å². The number of amides is 2. The highest BCUT2D eigenvalue weighted by Crippen LogP contribution is 2.49. The van der Waals surface area contributed by atoms with Gasteiger partial charge in [0.15, 0.2) is 0 Å². The molecule has 3 aromatic rings. The second kappa shape index (κ2) is 8.89. The van der Waals surface area contributed by atoms with E-state index < -0.39 is 0 Å². The number of hydrogen-bond donors (Lipinski definition) is 2. The molecule has 0 unspecified atom stereocenters. The molecular formula is C28H30FN3O. The number of nitrogens with one attached hydrogen (secondary N) is 2. The Bertz CT molecular complexity index is 1110. The SMILES string of the molecule is CCNC(=O)Nc1cc2c3c(c1)[C@H](c1cccc(F)c1)CCN3CC[C@H]2c1cccc(C)c1. The van der Waals surface area contributed by atoms with E-state index in [1.165, 1.54) is 34.0 Å². The number of halogens is 1. The molecule has 2 aliphatic rings. The van der Waals surface area contributed by atoms with Gasteiger partial charge < -0.3 is 15.5 Å². The molecule has 33 heavy (non-hydrogen) atoms. The van der Waals surface area contributed by atoms with Crippen LogP contribution < -0.4 is 15.5 Å². The molecule has 0 saturated heterocycles. The number of carbonyl (C=O) groups excluding carboxylic acids is 1. The average molecular weight is 444 g/mol. The molecule has 3 aromatic carbocycles. The molecule has 0 bridgehead atoms. The Hall–Kier alpha value is -3.34. The second-order valence-electron chi connectivity index (χ2n) is 9.13. The summed E-state index contributed by atoms with van der Waals surface area (Å²) in [4.78, 5) is 14.8. The van der Waals surface area contributed by atoms with Gasteiger partial charge in [0, 0.05) is 42.8 Å². The number of urea groups is 1. The zero-order valence-corrected chi connectivity index (χ0v) is 19.2. The third-order valence-electron chi connectivity index (χ3n) is 6.90.